The van der Waals surface area contributed by atoms with Gasteiger partial charge in [-0.25, -0.2) is 0 Å². The number of carbonyl (C=O) groups excluding carboxylic acids is 1. The summed E-state index contributed by atoms with van der Waals surface area (Å²) < 4.78 is 10.7. The molecule has 0 N–H and O–H groups in total. The van der Waals surface area contributed by atoms with Crippen molar-refractivity contribution in [3.8, 4) is 0 Å². The molecule has 3 heterocycles. The summed E-state index contributed by atoms with van der Waals surface area (Å²) in [5.74, 6) is 1.05. The lowest BCUT2D eigenvalue weighted by molar-refractivity contribution is -0.142. The van der Waals surface area contributed by atoms with Gasteiger partial charge in [-0.1, -0.05) is 5.16 Å². The number of amides is 1. The van der Waals surface area contributed by atoms with Crippen LogP contribution in [0, 0.1) is 6.92 Å². The lowest BCUT2D eigenvalue weighted by Gasteiger charge is -2.35. The van der Waals surface area contributed by atoms with E-state index in [1.165, 1.54) is 0 Å². The molecule has 1 amide bonds. The van der Waals surface area contributed by atoms with Crippen LogP contribution in [0.4, 0.5) is 0 Å². The number of hydrogen-bond acceptors (Lipinski definition) is 5. The lowest BCUT2D eigenvalue weighted by atomic mass is 10.2. The van der Waals surface area contributed by atoms with Crippen molar-refractivity contribution in [3.05, 3.63) is 17.5 Å². The number of aromatic nitrogens is 1. The zero-order valence-corrected chi connectivity index (χ0v) is 11.9. The molecule has 2 saturated heterocycles. The van der Waals surface area contributed by atoms with Gasteiger partial charge in [-0.3, -0.25) is 9.69 Å². The van der Waals surface area contributed by atoms with Crippen molar-refractivity contribution in [2.45, 2.75) is 32.4 Å². The molecule has 2 fully saturated rings. The summed E-state index contributed by atoms with van der Waals surface area (Å²) >= 11 is 0. The van der Waals surface area contributed by atoms with Gasteiger partial charge in [-0.15, -0.1) is 0 Å². The molecule has 1 atom stereocenters. The number of carbonyl (C=O) groups is 1. The van der Waals surface area contributed by atoms with Crippen molar-refractivity contribution in [1.29, 1.82) is 0 Å². The fraction of sp³-hybridized carbons (Fsp3) is 0.714. The van der Waals surface area contributed by atoms with Crippen molar-refractivity contribution in [2.75, 3.05) is 32.8 Å². The predicted molar refractivity (Wildman–Crippen MR) is 72.1 cm³/mol. The Balaban J connectivity index is 1.48. The third-order valence-electron chi connectivity index (χ3n) is 3.95. The summed E-state index contributed by atoms with van der Waals surface area (Å²) in [7, 11) is 0. The molecule has 110 valence electrons. The topological polar surface area (TPSA) is 58.8 Å². The summed E-state index contributed by atoms with van der Waals surface area (Å²) in [5, 5.41) is 3.89. The molecule has 0 aromatic carbocycles. The molecular weight excluding hydrogens is 258 g/mol. The number of nitrogens with zero attached hydrogens (tertiary/aromatic N) is 3. The summed E-state index contributed by atoms with van der Waals surface area (Å²) in [6.07, 6.45) is 1.68. The molecule has 6 heteroatoms. The van der Waals surface area contributed by atoms with Gasteiger partial charge in [0.1, 0.15) is 6.10 Å². The number of piperazine rings is 1. The van der Waals surface area contributed by atoms with E-state index in [2.05, 4.69) is 10.1 Å². The van der Waals surface area contributed by atoms with E-state index in [0.717, 1.165) is 63.6 Å². The largest absolute Gasteiger partial charge is 0.368 e. The van der Waals surface area contributed by atoms with Crippen molar-refractivity contribution in [2.24, 2.45) is 0 Å². The number of rotatable bonds is 3. The van der Waals surface area contributed by atoms with Crippen molar-refractivity contribution >= 4 is 5.91 Å². The van der Waals surface area contributed by atoms with E-state index in [-0.39, 0.29) is 12.0 Å². The fourth-order valence-corrected chi connectivity index (χ4v) is 2.81. The standard InChI is InChI=1S/C14H21N3O3/c1-11-9-12(20-15-11)10-16-4-6-17(7-5-16)14(18)13-3-2-8-19-13/h9,13H,2-8,10H2,1H3/t13-/m1/s1. The zero-order chi connectivity index (χ0) is 13.9. The van der Waals surface area contributed by atoms with E-state index in [0.29, 0.717) is 0 Å². The van der Waals surface area contributed by atoms with Crippen LogP contribution in [-0.4, -0.2) is 59.8 Å². The molecular formula is C14H21N3O3. The first-order valence-corrected chi connectivity index (χ1v) is 7.27. The molecule has 0 unspecified atom stereocenters. The van der Waals surface area contributed by atoms with E-state index in [4.69, 9.17) is 9.26 Å². The second-order valence-electron chi connectivity index (χ2n) is 5.54. The second-order valence-corrected chi connectivity index (χ2v) is 5.54. The Hall–Kier alpha value is -1.40. The zero-order valence-electron chi connectivity index (χ0n) is 11.9. The Bertz CT molecular complexity index is 460. The van der Waals surface area contributed by atoms with Crippen molar-refractivity contribution in [1.82, 2.24) is 15.0 Å². The van der Waals surface area contributed by atoms with E-state index in [9.17, 15) is 4.79 Å². The third-order valence-corrected chi connectivity index (χ3v) is 3.95. The summed E-state index contributed by atoms with van der Waals surface area (Å²) in [5.41, 5.74) is 0.909. The molecule has 2 aliphatic heterocycles. The maximum Gasteiger partial charge on any atom is 0.251 e. The molecule has 0 radical (unpaired) electrons. The molecule has 0 bridgehead atoms. The Morgan fingerprint density at radius 1 is 1.40 bits per heavy atom. The Morgan fingerprint density at radius 2 is 2.20 bits per heavy atom. The monoisotopic (exact) mass is 279 g/mol. The van der Waals surface area contributed by atoms with Gasteiger partial charge in [-0.2, -0.15) is 0 Å². The fourth-order valence-electron chi connectivity index (χ4n) is 2.81. The van der Waals surface area contributed by atoms with Gasteiger partial charge in [0.05, 0.1) is 12.2 Å². The maximum absolute atomic E-state index is 12.2. The summed E-state index contributed by atoms with van der Waals surface area (Å²) in [6.45, 7) is 6.70. The first-order chi connectivity index (χ1) is 9.72. The minimum atomic E-state index is -0.196. The van der Waals surface area contributed by atoms with E-state index < -0.39 is 0 Å². The molecule has 0 spiro atoms. The summed E-state index contributed by atoms with van der Waals surface area (Å²) in [6, 6.07) is 1.96. The maximum atomic E-state index is 12.2. The van der Waals surface area contributed by atoms with Crippen LogP contribution in [0.25, 0.3) is 0 Å². The van der Waals surface area contributed by atoms with Gasteiger partial charge >= 0.3 is 0 Å². The second kappa shape index (κ2) is 5.93. The van der Waals surface area contributed by atoms with Crippen molar-refractivity contribution in [3.63, 3.8) is 0 Å². The van der Waals surface area contributed by atoms with Gasteiger partial charge in [-0.05, 0) is 19.8 Å². The van der Waals surface area contributed by atoms with Crippen LogP contribution in [0.15, 0.2) is 10.6 Å². The average molecular weight is 279 g/mol. The Morgan fingerprint density at radius 3 is 2.80 bits per heavy atom. The van der Waals surface area contributed by atoms with Gasteiger partial charge in [0.25, 0.3) is 5.91 Å². The molecule has 20 heavy (non-hydrogen) atoms. The molecule has 3 rings (SSSR count). The highest BCUT2D eigenvalue weighted by molar-refractivity contribution is 5.81. The average Bonchev–Trinajstić information content (AvgIpc) is 3.11. The normalized spacial score (nSPS) is 24.2. The lowest BCUT2D eigenvalue weighted by Crippen LogP contribution is -2.51. The van der Waals surface area contributed by atoms with Crippen LogP contribution >= 0.6 is 0 Å². The Kier molecular flexibility index (Phi) is 4.03. The quantitative estimate of drug-likeness (QED) is 0.819. The molecule has 1 aromatic heterocycles. The molecule has 1 aromatic rings. The Labute approximate surface area is 118 Å². The number of aryl methyl sites for hydroxylation is 1. The van der Waals surface area contributed by atoms with E-state index in [1.807, 2.05) is 17.9 Å². The third kappa shape index (κ3) is 3.02. The van der Waals surface area contributed by atoms with Crippen LogP contribution in [-0.2, 0) is 16.1 Å². The molecule has 6 nitrogen and oxygen atoms in total. The van der Waals surface area contributed by atoms with Gasteiger partial charge < -0.3 is 14.2 Å². The van der Waals surface area contributed by atoms with Crippen LogP contribution in [0.1, 0.15) is 24.3 Å². The van der Waals surface area contributed by atoms with Crippen LogP contribution in [0.3, 0.4) is 0 Å². The van der Waals surface area contributed by atoms with E-state index >= 15 is 0 Å². The van der Waals surface area contributed by atoms with Gasteiger partial charge in [0.2, 0.25) is 0 Å². The molecule has 0 aliphatic carbocycles. The first-order valence-electron chi connectivity index (χ1n) is 7.27. The molecule has 2 aliphatic rings. The smallest absolute Gasteiger partial charge is 0.251 e. The summed E-state index contributed by atoms with van der Waals surface area (Å²) in [4.78, 5) is 16.4. The van der Waals surface area contributed by atoms with Crippen molar-refractivity contribution < 1.29 is 14.1 Å². The SMILES string of the molecule is Cc1cc(CN2CCN(C(=O)[C@H]3CCCO3)CC2)on1. The van der Waals surface area contributed by atoms with E-state index in [1.54, 1.807) is 0 Å². The molecule has 0 saturated carbocycles. The highest BCUT2D eigenvalue weighted by atomic mass is 16.5. The minimum absolute atomic E-state index is 0.164. The highest BCUT2D eigenvalue weighted by Gasteiger charge is 2.30. The highest BCUT2D eigenvalue weighted by Crippen LogP contribution is 2.16. The number of hydrogen-bond donors (Lipinski definition) is 0. The van der Waals surface area contributed by atoms with Crippen LogP contribution in [0.2, 0.25) is 0 Å². The van der Waals surface area contributed by atoms with Gasteiger partial charge in [0.15, 0.2) is 5.76 Å². The van der Waals surface area contributed by atoms with Gasteiger partial charge in [0, 0.05) is 38.9 Å². The first kappa shape index (κ1) is 13.6. The predicted octanol–water partition coefficient (Wildman–Crippen LogP) is 0.806. The van der Waals surface area contributed by atoms with Crippen LogP contribution < -0.4 is 0 Å². The minimum Gasteiger partial charge on any atom is -0.368 e. The number of ether oxygens (including phenoxy) is 1. The van der Waals surface area contributed by atoms with Crippen LogP contribution in [0.5, 0.6) is 0 Å².